The van der Waals surface area contributed by atoms with Crippen molar-refractivity contribution >= 4 is 11.8 Å². The second-order valence-corrected chi connectivity index (χ2v) is 6.84. The van der Waals surface area contributed by atoms with E-state index < -0.39 is 0 Å². The van der Waals surface area contributed by atoms with Crippen molar-refractivity contribution in [2.24, 2.45) is 5.92 Å². The molecule has 2 rings (SSSR count). The maximum absolute atomic E-state index is 12.4. The summed E-state index contributed by atoms with van der Waals surface area (Å²) in [4.78, 5) is 24.3. The number of furan rings is 1. The zero-order chi connectivity index (χ0) is 21.2. The van der Waals surface area contributed by atoms with Crippen LogP contribution in [-0.2, 0) is 4.79 Å². The van der Waals surface area contributed by atoms with Crippen LogP contribution < -0.4 is 20.1 Å². The SMILES string of the molecule is CCOc1ccc(C(NC(=O)CCNC(=O)c2ccco2)C(C)C)cc1OCC. The van der Waals surface area contributed by atoms with E-state index in [2.05, 4.69) is 10.6 Å². The molecule has 1 aromatic heterocycles. The summed E-state index contributed by atoms with van der Waals surface area (Å²) in [5.41, 5.74) is 0.944. The van der Waals surface area contributed by atoms with Crippen LogP contribution in [-0.4, -0.2) is 31.6 Å². The molecule has 0 bridgehead atoms. The lowest BCUT2D eigenvalue weighted by atomic mass is 9.95. The molecule has 0 aliphatic carbocycles. The number of rotatable bonds is 11. The number of amides is 2. The highest BCUT2D eigenvalue weighted by Crippen LogP contribution is 2.33. The second kappa shape index (κ2) is 11.1. The smallest absolute Gasteiger partial charge is 0.286 e. The second-order valence-electron chi connectivity index (χ2n) is 6.84. The minimum absolute atomic E-state index is 0.143. The maximum atomic E-state index is 12.4. The fourth-order valence-electron chi connectivity index (χ4n) is 2.93. The van der Waals surface area contributed by atoms with Crippen molar-refractivity contribution in [3.05, 3.63) is 47.9 Å². The van der Waals surface area contributed by atoms with Crippen molar-refractivity contribution < 1.29 is 23.5 Å². The molecule has 0 fully saturated rings. The lowest BCUT2D eigenvalue weighted by Crippen LogP contribution is -2.34. The number of nitrogens with one attached hydrogen (secondary N) is 2. The van der Waals surface area contributed by atoms with E-state index in [9.17, 15) is 9.59 Å². The van der Waals surface area contributed by atoms with Gasteiger partial charge in [-0.25, -0.2) is 0 Å². The summed E-state index contributed by atoms with van der Waals surface area (Å²) in [6, 6.07) is 8.76. The van der Waals surface area contributed by atoms with Crippen molar-refractivity contribution in [1.29, 1.82) is 0 Å². The molecule has 7 nitrogen and oxygen atoms in total. The molecule has 0 spiro atoms. The zero-order valence-corrected chi connectivity index (χ0v) is 17.5. The summed E-state index contributed by atoms with van der Waals surface area (Å²) >= 11 is 0. The van der Waals surface area contributed by atoms with E-state index in [1.54, 1.807) is 12.1 Å². The van der Waals surface area contributed by atoms with E-state index in [4.69, 9.17) is 13.9 Å². The van der Waals surface area contributed by atoms with Crippen LogP contribution in [0.4, 0.5) is 0 Å². The summed E-state index contributed by atoms with van der Waals surface area (Å²) in [7, 11) is 0. The van der Waals surface area contributed by atoms with Crippen LogP contribution in [0.15, 0.2) is 41.0 Å². The summed E-state index contributed by atoms with van der Waals surface area (Å²) in [6.07, 6.45) is 1.60. The van der Waals surface area contributed by atoms with Gasteiger partial charge in [0.05, 0.1) is 25.5 Å². The number of hydrogen-bond donors (Lipinski definition) is 2. The van der Waals surface area contributed by atoms with E-state index >= 15 is 0 Å². The molecule has 0 radical (unpaired) electrons. The number of ether oxygens (including phenoxy) is 2. The van der Waals surface area contributed by atoms with E-state index in [1.165, 1.54) is 6.26 Å². The molecule has 7 heteroatoms. The minimum atomic E-state index is -0.337. The van der Waals surface area contributed by atoms with E-state index in [0.29, 0.717) is 24.7 Å². The van der Waals surface area contributed by atoms with Crippen molar-refractivity contribution in [3.8, 4) is 11.5 Å². The highest BCUT2D eigenvalue weighted by molar-refractivity contribution is 5.91. The van der Waals surface area contributed by atoms with Crippen molar-refractivity contribution in [1.82, 2.24) is 10.6 Å². The number of carbonyl (C=O) groups is 2. The minimum Gasteiger partial charge on any atom is -0.490 e. The molecule has 158 valence electrons. The molecular formula is C22H30N2O5. The van der Waals surface area contributed by atoms with Gasteiger partial charge < -0.3 is 24.5 Å². The third-order valence-electron chi connectivity index (χ3n) is 4.29. The Kier molecular flexibility index (Phi) is 8.58. The van der Waals surface area contributed by atoms with Crippen LogP contribution in [0.2, 0.25) is 0 Å². The molecule has 29 heavy (non-hydrogen) atoms. The number of hydrogen-bond acceptors (Lipinski definition) is 5. The predicted octanol–water partition coefficient (Wildman–Crippen LogP) is 3.71. The molecule has 2 N–H and O–H groups in total. The Labute approximate surface area is 171 Å². The largest absolute Gasteiger partial charge is 0.490 e. The van der Waals surface area contributed by atoms with Crippen molar-refractivity contribution in [2.75, 3.05) is 19.8 Å². The van der Waals surface area contributed by atoms with Gasteiger partial charge in [-0.3, -0.25) is 9.59 Å². The normalized spacial score (nSPS) is 11.8. The van der Waals surface area contributed by atoms with Gasteiger partial charge in [0.2, 0.25) is 5.91 Å². The van der Waals surface area contributed by atoms with Gasteiger partial charge in [-0.2, -0.15) is 0 Å². The van der Waals surface area contributed by atoms with Gasteiger partial charge in [-0.15, -0.1) is 0 Å². The molecule has 1 atom stereocenters. The van der Waals surface area contributed by atoms with Gasteiger partial charge in [0.25, 0.3) is 5.91 Å². The van der Waals surface area contributed by atoms with Gasteiger partial charge in [-0.1, -0.05) is 19.9 Å². The van der Waals surface area contributed by atoms with Gasteiger partial charge in [0.1, 0.15) is 0 Å². The Morgan fingerprint density at radius 3 is 2.41 bits per heavy atom. The van der Waals surface area contributed by atoms with Crippen molar-refractivity contribution in [3.63, 3.8) is 0 Å². The average molecular weight is 402 g/mol. The Morgan fingerprint density at radius 2 is 1.79 bits per heavy atom. The Balaban J connectivity index is 1.99. The van der Waals surface area contributed by atoms with E-state index in [1.807, 2.05) is 45.9 Å². The Morgan fingerprint density at radius 1 is 1.07 bits per heavy atom. The first kappa shape index (κ1) is 22.3. The molecule has 1 heterocycles. The molecule has 2 aromatic rings. The van der Waals surface area contributed by atoms with Gasteiger partial charge in [-0.05, 0) is 49.6 Å². The highest BCUT2D eigenvalue weighted by Gasteiger charge is 2.20. The first-order valence-corrected chi connectivity index (χ1v) is 9.96. The summed E-state index contributed by atoms with van der Waals surface area (Å²) < 4.78 is 16.3. The van der Waals surface area contributed by atoms with E-state index in [-0.39, 0.29) is 42.5 Å². The summed E-state index contributed by atoms with van der Waals surface area (Å²) in [6.45, 7) is 9.22. The van der Waals surface area contributed by atoms with Crippen LogP contribution in [0.5, 0.6) is 11.5 Å². The van der Waals surface area contributed by atoms with Crippen molar-refractivity contribution in [2.45, 2.75) is 40.2 Å². The fourth-order valence-corrected chi connectivity index (χ4v) is 2.93. The van der Waals surface area contributed by atoms with Crippen LogP contribution in [0, 0.1) is 5.92 Å². The molecule has 0 aliphatic rings. The highest BCUT2D eigenvalue weighted by atomic mass is 16.5. The zero-order valence-electron chi connectivity index (χ0n) is 17.5. The molecule has 2 amide bonds. The molecule has 0 saturated carbocycles. The van der Waals surface area contributed by atoms with Crippen LogP contribution in [0.25, 0.3) is 0 Å². The average Bonchev–Trinajstić information content (AvgIpc) is 3.22. The van der Waals surface area contributed by atoms with Gasteiger partial charge in [0.15, 0.2) is 17.3 Å². The Bertz CT molecular complexity index is 787. The summed E-state index contributed by atoms with van der Waals surface area (Å²) in [5.74, 6) is 1.27. The van der Waals surface area contributed by atoms with Gasteiger partial charge in [0, 0.05) is 13.0 Å². The first-order valence-electron chi connectivity index (χ1n) is 9.96. The van der Waals surface area contributed by atoms with Crippen LogP contribution >= 0.6 is 0 Å². The first-order chi connectivity index (χ1) is 14.0. The number of benzene rings is 1. The monoisotopic (exact) mass is 402 g/mol. The fraction of sp³-hybridized carbons (Fsp3) is 0.455. The maximum Gasteiger partial charge on any atom is 0.286 e. The third-order valence-corrected chi connectivity index (χ3v) is 4.29. The Hall–Kier alpha value is -2.96. The lowest BCUT2D eigenvalue weighted by molar-refractivity contribution is -0.122. The molecule has 0 saturated heterocycles. The van der Waals surface area contributed by atoms with Gasteiger partial charge >= 0.3 is 0 Å². The summed E-state index contributed by atoms with van der Waals surface area (Å²) in [5, 5.41) is 5.73. The van der Waals surface area contributed by atoms with Crippen LogP contribution in [0.3, 0.4) is 0 Å². The quantitative estimate of drug-likeness (QED) is 0.598. The lowest BCUT2D eigenvalue weighted by Gasteiger charge is -2.24. The number of carbonyl (C=O) groups excluding carboxylic acids is 2. The molecular weight excluding hydrogens is 372 g/mol. The topological polar surface area (TPSA) is 89.8 Å². The third kappa shape index (κ3) is 6.55. The predicted molar refractivity (Wildman–Crippen MR) is 110 cm³/mol. The van der Waals surface area contributed by atoms with Crippen LogP contribution in [0.1, 0.15) is 56.3 Å². The standard InChI is InChI=1S/C22H30N2O5/c1-5-27-17-10-9-16(14-19(17)28-6-2)21(15(3)4)24-20(25)11-12-23-22(26)18-8-7-13-29-18/h7-10,13-15,21H,5-6,11-12H2,1-4H3,(H,23,26)(H,24,25). The van der Waals surface area contributed by atoms with E-state index in [0.717, 1.165) is 5.56 Å². The molecule has 1 aromatic carbocycles. The molecule has 1 unspecified atom stereocenters. The molecule has 0 aliphatic heterocycles.